The summed E-state index contributed by atoms with van der Waals surface area (Å²) in [6, 6.07) is 12.0. The molecule has 1 saturated carbocycles. The second-order valence-corrected chi connectivity index (χ2v) is 9.61. The SMILES string of the molecule is Cc1cccc(OCCCC(=O)N2CCCc3c(-c4cnn(C5(C(=O)O)CC5)c4)cccc32)c1C. The average molecular weight is 474 g/mol. The van der Waals surface area contributed by atoms with E-state index < -0.39 is 11.5 Å². The largest absolute Gasteiger partial charge is 0.493 e. The van der Waals surface area contributed by atoms with E-state index in [-0.39, 0.29) is 5.91 Å². The number of carbonyl (C=O) groups is 2. The molecule has 2 aliphatic rings. The molecule has 0 spiro atoms. The molecule has 2 aromatic carbocycles. The highest BCUT2D eigenvalue weighted by molar-refractivity contribution is 5.96. The van der Waals surface area contributed by atoms with Crippen molar-refractivity contribution in [2.75, 3.05) is 18.1 Å². The Morgan fingerprint density at radius 1 is 1.14 bits per heavy atom. The van der Waals surface area contributed by atoms with Crippen LogP contribution in [0.15, 0.2) is 48.8 Å². The molecule has 0 unspecified atom stereocenters. The third-order valence-electron chi connectivity index (χ3n) is 7.35. The molecule has 1 fully saturated rings. The molecule has 3 aromatic rings. The third-order valence-corrected chi connectivity index (χ3v) is 7.35. The van der Waals surface area contributed by atoms with E-state index in [2.05, 4.69) is 18.1 Å². The molecule has 0 saturated heterocycles. The minimum atomic E-state index is -0.895. The summed E-state index contributed by atoms with van der Waals surface area (Å²) in [6.07, 6.45) is 7.63. The lowest BCUT2D eigenvalue weighted by atomic mass is 9.93. The van der Waals surface area contributed by atoms with Gasteiger partial charge in [-0.3, -0.25) is 9.48 Å². The number of anilines is 1. The Labute approximate surface area is 205 Å². The van der Waals surface area contributed by atoms with Crippen molar-refractivity contribution in [1.29, 1.82) is 0 Å². The van der Waals surface area contributed by atoms with Crippen LogP contribution in [0.4, 0.5) is 5.69 Å². The molecule has 5 rings (SSSR count). The van der Waals surface area contributed by atoms with Gasteiger partial charge in [0.15, 0.2) is 5.54 Å². The van der Waals surface area contributed by atoms with Crippen molar-refractivity contribution >= 4 is 17.6 Å². The number of benzene rings is 2. The van der Waals surface area contributed by atoms with Gasteiger partial charge in [0.1, 0.15) is 5.75 Å². The Hall–Kier alpha value is -3.61. The second kappa shape index (κ2) is 9.21. The number of carbonyl (C=O) groups excluding carboxylic acids is 1. The number of nitrogens with zero attached hydrogens (tertiary/aromatic N) is 3. The van der Waals surface area contributed by atoms with Crippen LogP contribution >= 0.6 is 0 Å². The predicted molar refractivity (Wildman–Crippen MR) is 134 cm³/mol. The fraction of sp³-hybridized carbons (Fsp3) is 0.393. The maximum absolute atomic E-state index is 13.1. The number of aryl methyl sites for hydroxylation is 1. The van der Waals surface area contributed by atoms with E-state index in [4.69, 9.17) is 4.74 Å². The number of fused-ring (bicyclic) bond motifs is 1. The highest BCUT2D eigenvalue weighted by atomic mass is 16.5. The first kappa shape index (κ1) is 23.1. The molecule has 7 heteroatoms. The van der Waals surface area contributed by atoms with Gasteiger partial charge in [-0.1, -0.05) is 24.3 Å². The molecule has 0 radical (unpaired) electrons. The first-order chi connectivity index (χ1) is 16.9. The van der Waals surface area contributed by atoms with Crippen molar-refractivity contribution in [2.24, 2.45) is 0 Å². The van der Waals surface area contributed by atoms with Crippen molar-refractivity contribution in [3.8, 4) is 16.9 Å². The van der Waals surface area contributed by atoms with Crippen molar-refractivity contribution in [3.63, 3.8) is 0 Å². The number of aromatic nitrogens is 2. The van der Waals surface area contributed by atoms with E-state index in [1.165, 1.54) is 5.56 Å². The van der Waals surface area contributed by atoms with Crippen LogP contribution in [0.3, 0.4) is 0 Å². The van der Waals surface area contributed by atoms with E-state index >= 15 is 0 Å². The van der Waals surface area contributed by atoms with Crippen LogP contribution in [0.5, 0.6) is 5.75 Å². The van der Waals surface area contributed by atoms with Gasteiger partial charge in [-0.25, -0.2) is 4.79 Å². The monoisotopic (exact) mass is 473 g/mol. The Kier molecular flexibility index (Phi) is 6.09. The van der Waals surface area contributed by atoms with Crippen LogP contribution in [0.2, 0.25) is 0 Å². The van der Waals surface area contributed by atoms with E-state index in [1.54, 1.807) is 10.9 Å². The number of rotatable bonds is 8. The zero-order valence-electron chi connectivity index (χ0n) is 20.3. The van der Waals surface area contributed by atoms with Crippen LogP contribution in [-0.4, -0.2) is 39.9 Å². The van der Waals surface area contributed by atoms with Gasteiger partial charge < -0.3 is 14.7 Å². The molecule has 1 aromatic heterocycles. The molecule has 1 aliphatic heterocycles. The molecular formula is C28H31N3O4. The zero-order valence-corrected chi connectivity index (χ0v) is 20.3. The van der Waals surface area contributed by atoms with Crippen molar-refractivity contribution in [2.45, 2.75) is 57.9 Å². The zero-order chi connectivity index (χ0) is 24.6. The summed E-state index contributed by atoms with van der Waals surface area (Å²) in [5.74, 6) is 0.147. The smallest absolute Gasteiger partial charge is 0.331 e. The van der Waals surface area contributed by atoms with Gasteiger partial charge in [0.2, 0.25) is 5.91 Å². The summed E-state index contributed by atoms with van der Waals surface area (Å²) < 4.78 is 7.52. The predicted octanol–water partition coefficient (Wildman–Crippen LogP) is 4.88. The highest BCUT2D eigenvalue weighted by Gasteiger charge is 2.53. The normalized spacial score (nSPS) is 16.0. The van der Waals surface area contributed by atoms with Crippen LogP contribution in [0.25, 0.3) is 11.1 Å². The highest BCUT2D eigenvalue weighted by Crippen LogP contribution is 2.44. The topological polar surface area (TPSA) is 84.7 Å². The molecular weight excluding hydrogens is 442 g/mol. The molecule has 35 heavy (non-hydrogen) atoms. The average Bonchev–Trinajstić information content (AvgIpc) is 3.54. The van der Waals surface area contributed by atoms with Gasteiger partial charge in [0.05, 0.1) is 12.8 Å². The fourth-order valence-corrected chi connectivity index (χ4v) is 4.93. The molecule has 0 bridgehead atoms. The summed E-state index contributed by atoms with van der Waals surface area (Å²) in [6.45, 7) is 5.32. The van der Waals surface area contributed by atoms with E-state index in [9.17, 15) is 14.7 Å². The number of ether oxygens (including phenoxy) is 1. The van der Waals surface area contributed by atoms with Gasteiger partial charge in [0, 0.05) is 30.4 Å². The summed E-state index contributed by atoms with van der Waals surface area (Å²) in [5.41, 5.74) is 5.42. The summed E-state index contributed by atoms with van der Waals surface area (Å²) in [4.78, 5) is 26.7. The third kappa shape index (κ3) is 4.31. The summed E-state index contributed by atoms with van der Waals surface area (Å²) >= 11 is 0. The van der Waals surface area contributed by atoms with Crippen molar-refractivity contribution < 1.29 is 19.4 Å². The Bertz CT molecular complexity index is 1270. The lowest BCUT2D eigenvalue weighted by Gasteiger charge is -2.31. The Balaban J connectivity index is 1.28. The van der Waals surface area contributed by atoms with Gasteiger partial charge in [-0.05, 0) is 80.3 Å². The number of hydrogen-bond donors (Lipinski definition) is 1. The molecule has 1 aliphatic carbocycles. The molecule has 2 heterocycles. The lowest BCUT2D eigenvalue weighted by molar-refractivity contribution is -0.142. The van der Waals surface area contributed by atoms with Crippen molar-refractivity contribution in [1.82, 2.24) is 9.78 Å². The van der Waals surface area contributed by atoms with E-state index in [0.29, 0.717) is 38.8 Å². The van der Waals surface area contributed by atoms with Crippen molar-refractivity contribution in [3.05, 3.63) is 65.5 Å². The van der Waals surface area contributed by atoms with E-state index in [0.717, 1.165) is 46.5 Å². The van der Waals surface area contributed by atoms with Gasteiger partial charge in [-0.2, -0.15) is 5.10 Å². The first-order valence-electron chi connectivity index (χ1n) is 12.3. The maximum atomic E-state index is 13.1. The van der Waals surface area contributed by atoms with Crippen LogP contribution < -0.4 is 9.64 Å². The molecule has 182 valence electrons. The van der Waals surface area contributed by atoms with Crippen LogP contribution in [0, 0.1) is 13.8 Å². The Morgan fingerprint density at radius 2 is 1.94 bits per heavy atom. The number of aliphatic carboxylic acids is 1. The summed E-state index contributed by atoms with van der Waals surface area (Å²) in [7, 11) is 0. The quantitative estimate of drug-likeness (QED) is 0.472. The Morgan fingerprint density at radius 3 is 2.71 bits per heavy atom. The lowest BCUT2D eigenvalue weighted by Crippen LogP contribution is -2.35. The molecule has 1 N–H and O–H groups in total. The fourth-order valence-electron chi connectivity index (χ4n) is 4.93. The van der Waals surface area contributed by atoms with Gasteiger partial charge in [0.25, 0.3) is 0 Å². The number of hydrogen-bond acceptors (Lipinski definition) is 4. The standard InChI is InChI=1S/C28H31N3O4/c1-19-7-3-11-25(20(19)2)35-16-6-12-26(32)30-15-5-9-23-22(8-4-10-24(23)30)21-17-29-31(18-21)28(13-14-28)27(33)34/h3-4,7-8,10-11,17-18H,5-6,9,12-16H2,1-2H3,(H,33,34). The number of carboxylic acid groups (broad SMARTS) is 1. The minimum Gasteiger partial charge on any atom is -0.493 e. The summed E-state index contributed by atoms with van der Waals surface area (Å²) in [5, 5.41) is 14.0. The second-order valence-electron chi connectivity index (χ2n) is 9.61. The van der Waals surface area contributed by atoms with Crippen LogP contribution in [0.1, 0.15) is 48.8 Å². The molecule has 1 amide bonds. The van der Waals surface area contributed by atoms with Crippen LogP contribution in [-0.2, 0) is 21.5 Å². The van der Waals surface area contributed by atoms with Gasteiger partial charge >= 0.3 is 5.97 Å². The molecule has 0 atom stereocenters. The van der Waals surface area contributed by atoms with Gasteiger partial charge in [-0.15, -0.1) is 0 Å². The van der Waals surface area contributed by atoms with E-state index in [1.807, 2.05) is 48.4 Å². The number of amides is 1. The maximum Gasteiger partial charge on any atom is 0.331 e. The molecule has 7 nitrogen and oxygen atoms in total. The minimum absolute atomic E-state index is 0.103. The number of carboxylic acids is 1. The first-order valence-corrected chi connectivity index (χ1v) is 12.3.